The van der Waals surface area contributed by atoms with Crippen molar-refractivity contribution in [2.75, 3.05) is 13.2 Å². The first-order valence-corrected chi connectivity index (χ1v) is 6.79. The van der Waals surface area contributed by atoms with Crippen molar-refractivity contribution >= 4 is 15.9 Å². The number of aliphatic hydroxyl groups is 1. The summed E-state index contributed by atoms with van der Waals surface area (Å²) >= 11 is 3.50. The van der Waals surface area contributed by atoms with Crippen molar-refractivity contribution in [3.05, 3.63) is 21.7 Å². The molecule has 1 N–H and O–H groups in total. The highest BCUT2D eigenvalue weighted by molar-refractivity contribution is 9.10. The standard InChI is InChI=1S/C13H15BrO3/c1-2-8-9(13(15)3-4-13)7-10(14)12-11(8)16-5-6-17-12/h7,15H,2-6H2,1H3. The normalized spacial score (nSPS) is 20.2. The van der Waals surface area contributed by atoms with Gasteiger partial charge >= 0.3 is 0 Å². The summed E-state index contributed by atoms with van der Waals surface area (Å²) in [7, 11) is 0. The molecule has 0 bridgehead atoms. The molecule has 4 heteroatoms. The molecule has 0 saturated heterocycles. The molecular weight excluding hydrogens is 284 g/mol. The van der Waals surface area contributed by atoms with Crippen LogP contribution in [0.4, 0.5) is 0 Å². The van der Waals surface area contributed by atoms with Gasteiger partial charge in [-0.05, 0) is 46.8 Å². The van der Waals surface area contributed by atoms with E-state index >= 15 is 0 Å². The van der Waals surface area contributed by atoms with Crippen LogP contribution in [0.1, 0.15) is 30.9 Å². The lowest BCUT2D eigenvalue weighted by molar-refractivity contribution is 0.145. The molecule has 17 heavy (non-hydrogen) atoms. The molecule has 1 heterocycles. The fraction of sp³-hybridized carbons (Fsp3) is 0.538. The van der Waals surface area contributed by atoms with E-state index in [-0.39, 0.29) is 0 Å². The van der Waals surface area contributed by atoms with Gasteiger partial charge in [-0.2, -0.15) is 0 Å². The van der Waals surface area contributed by atoms with Gasteiger partial charge in [-0.15, -0.1) is 0 Å². The summed E-state index contributed by atoms with van der Waals surface area (Å²) in [5.41, 5.74) is 1.45. The van der Waals surface area contributed by atoms with E-state index in [0.717, 1.165) is 46.4 Å². The van der Waals surface area contributed by atoms with Crippen molar-refractivity contribution in [1.29, 1.82) is 0 Å². The molecule has 0 aromatic heterocycles. The molecule has 0 atom stereocenters. The molecule has 1 aliphatic carbocycles. The van der Waals surface area contributed by atoms with E-state index in [9.17, 15) is 5.11 Å². The first kappa shape index (κ1) is 11.4. The minimum atomic E-state index is -0.635. The molecule has 2 aliphatic rings. The Labute approximate surface area is 109 Å². The average Bonchev–Trinajstić information content (AvgIpc) is 3.09. The van der Waals surface area contributed by atoms with Crippen molar-refractivity contribution in [1.82, 2.24) is 0 Å². The first-order chi connectivity index (χ1) is 8.15. The van der Waals surface area contributed by atoms with Crippen LogP contribution in [0.3, 0.4) is 0 Å². The van der Waals surface area contributed by atoms with Gasteiger partial charge in [0.25, 0.3) is 0 Å². The Morgan fingerprint density at radius 3 is 2.53 bits per heavy atom. The van der Waals surface area contributed by atoms with E-state index in [1.165, 1.54) is 0 Å². The molecule has 0 spiro atoms. The van der Waals surface area contributed by atoms with Crippen LogP contribution in [-0.4, -0.2) is 18.3 Å². The van der Waals surface area contributed by atoms with E-state index in [2.05, 4.69) is 22.9 Å². The van der Waals surface area contributed by atoms with Crippen LogP contribution in [0.15, 0.2) is 10.5 Å². The molecule has 1 aromatic rings. The lowest BCUT2D eigenvalue weighted by atomic mass is 9.97. The summed E-state index contributed by atoms with van der Waals surface area (Å²) in [6, 6.07) is 1.99. The van der Waals surface area contributed by atoms with Gasteiger partial charge in [0.15, 0.2) is 11.5 Å². The number of fused-ring (bicyclic) bond motifs is 1. The Hall–Kier alpha value is -0.740. The zero-order chi connectivity index (χ0) is 12.0. The smallest absolute Gasteiger partial charge is 0.175 e. The second-order valence-corrected chi connectivity index (χ2v) is 5.48. The lowest BCUT2D eigenvalue weighted by Gasteiger charge is -2.25. The molecule has 1 fully saturated rings. The van der Waals surface area contributed by atoms with Crippen LogP contribution in [0.5, 0.6) is 11.5 Å². The van der Waals surface area contributed by atoms with Gasteiger partial charge in [0, 0.05) is 5.56 Å². The largest absolute Gasteiger partial charge is 0.486 e. The van der Waals surface area contributed by atoms with Crippen LogP contribution >= 0.6 is 15.9 Å². The van der Waals surface area contributed by atoms with Crippen molar-refractivity contribution in [2.45, 2.75) is 31.8 Å². The third kappa shape index (κ3) is 1.74. The summed E-state index contributed by atoms with van der Waals surface area (Å²) in [5.74, 6) is 1.59. The molecule has 1 aromatic carbocycles. The van der Waals surface area contributed by atoms with Crippen LogP contribution < -0.4 is 9.47 Å². The van der Waals surface area contributed by atoms with Crippen LogP contribution in [0, 0.1) is 0 Å². The number of rotatable bonds is 2. The van der Waals surface area contributed by atoms with Crippen molar-refractivity contribution < 1.29 is 14.6 Å². The highest BCUT2D eigenvalue weighted by Crippen LogP contribution is 2.52. The Morgan fingerprint density at radius 1 is 1.29 bits per heavy atom. The molecule has 1 aliphatic heterocycles. The SMILES string of the molecule is CCc1c(C2(O)CC2)cc(Br)c2c1OCCO2. The van der Waals surface area contributed by atoms with E-state index in [0.29, 0.717) is 13.2 Å². The highest BCUT2D eigenvalue weighted by atomic mass is 79.9. The fourth-order valence-electron chi connectivity index (χ4n) is 2.38. The molecule has 0 radical (unpaired) electrons. The average molecular weight is 299 g/mol. The Balaban J connectivity index is 2.20. The predicted octanol–water partition coefficient (Wildman–Crippen LogP) is 2.76. The Bertz CT molecular complexity index is 466. The second kappa shape index (κ2) is 3.89. The Morgan fingerprint density at radius 2 is 1.94 bits per heavy atom. The van der Waals surface area contributed by atoms with E-state index in [1.807, 2.05) is 6.07 Å². The molecule has 0 amide bonds. The van der Waals surface area contributed by atoms with Gasteiger partial charge in [-0.1, -0.05) is 6.92 Å². The highest BCUT2D eigenvalue weighted by Gasteiger charge is 2.45. The molecule has 92 valence electrons. The third-order valence-electron chi connectivity index (χ3n) is 3.45. The van der Waals surface area contributed by atoms with Crippen molar-refractivity contribution in [2.24, 2.45) is 0 Å². The lowest BCUT2D eigenvalue weighted by Crippen LogP contribution is -2.19. The van der Waals surface area contributed by atoms with Crippen molar-refractivity contribution in [3.63, 3.8) is 0 Å². The van der Waals surface area contributed by atoms with Gasteiger partial charge in [0.2, 0.25) is 0 Å². The number of hydrogen-bond acceptors (Lipinski definition) is 3. The van der Waals surface area contributed by atoms with Crippen LogP contribution in [-0.2, 0) is 12.0 Å². The van der Waals surface area contributed by atoms with Gasteiger partial charge < -0.3 is 14.6 Å². The first-order valence-electron chi connectivity index (χ1n) is 5.99. The van der Waals surface area contributed by atoms with E-state index < -0.39 is 5.60 Å². The fourth-order valence-corrected chi connectivity index (χ4v) is 2.90. The molecule has 0 unspecified atom stereocenters. The summed E-state index contributed by atoms with van der Waals surface area (Å²) in [6.07, 6.45) is 2.52. The number of halogens is 1. The summed E-state index contributed by atoms with van der Waals surface area (Å²) in [6.45, 7) is 3.24. The van der Waals surface area contributed by atoms with Crippen LogP contribution in [0.2, 0.25) is 0 Å². The summed E-state index contributed by atoms with van der Waals surface area (Å²) < 4.78 is 12.2. The molecule has 1 saturated carbocycles. The molecule has 3 rings (SSSR count). The minimum Gasteiger partial charge on any atom is -0.486 e. The van der Waals surface area contributed by atoms with Gasteiger partial charge in [-0.25, -0.2) is 0 Å². The quantitative estimate of drug-likeness (QED) is 0.912. The van der Waals surface area contributed by atoms with Crippen LogP contribution in [0.25, 0.3) is 0 Å². The van der Waals surface area contributed by atoms with Gasteiger partial charge in [0.05, 0.1) is 10.1 Å². The maximum atomic E-state index is 10.3. The zero-order valence-corrected chi connectivity index (χ0v) is 11.3. The Kier molecular flexibility index (Phi) is 2.60. The third-order valence-corrected chi connectivity index (χ3v) is 4.04. The number of hydrogen-bond donors (Lipinski definition) is 1. The predicted molar refractivity (Wildman–Crippen MR) is 67.6 cm³/mol. The van der Waals surface area contributed by atoms with E-state index in [1.54, 1.807) is 0 Å². The topological polar surface area (TPSA) is 38.7 Å². The monoisotopic (exact) mass is 298 g/mol. The second-order valence-electron chi connectivity index (χ2n) is 4.62. The summed E-state index contributed by atoms with van der Waals surface area (Å²) in [4.78, 5) is 0. The van der Waals surface area contributed by atoms with Gasteiger partial charge in [-0.3, -0.25) is 0 Å². The molecular formula is C13H15BrO3. The minimum absolute atomic E-state index is 0.578. The maximum absolute atomic E-state index is 10.3. The number of benzene rings is 1. The maximum Gasteiger partial charge on any atom is 0.175 e. The van der Waals surface area contributed by atoms with E-state index in [4.69, 9.17) is 9.47 Å². The molecule has 3 nitrogen and oxygen atoms in total. The van der Waals surface area contributed by atoms with Gasteiger partial charge in [0.1, 0.15) is 13.2 Å². The zero-order valence-electron chi connectivity index (χ0n) is 9.75. The van der Waals surface area contributed by atoms with Crippen molar-refractivity contribution in [3.8, 4) is 11.5 Å². The summed E-state index contributed by atoms with van der Waals surface area (Å²) in [5, 5.41) is 10.3. The number of ether oxygens (including phenoxy) is 2.